The van der Waals surface area contributed by atoms with Crippen LogP contribution in [0.1, 0.15) is 6.42 Å². The van der Waals surface area contributed by atoms with Crippen LogP contribution >= 0.6 is 0 Å². The molecule has 0 bridgehead atoms. The molecule has 7 heteroatoms. The van der Waals surface area contributed by atoms with Gasteiger partial charge in [0.2, 0.25) is 0 Å². The van der Waals surface area contributed by atoms with Crippen molar-refractivity contribution in [3.63, 3.8) is 0 Å². The van der Waals surface area contributed by atoms with Crippen LogP contribution in [0, 0.1) is 0 Å². The Morgan fingerprint density at radius 1 is 1.31 bits per heavy atom. The van der Waals surface area contributed by atoms with Crippen molar-refractivity contribution in [1.29, 1.82) is 0 Å². The summed E-state index contributed by atoms with van der Waals surface area (Å²) < 4.78 is 26.9. The monoisotopic (exact) mass is 251 g/mol. The lowest BCUT2D eigenvalue weighted by Crippen LogP contribution is -2.41. The molecule has 1 fully saturated rings. The molecule has 1 aliphatic heterocycles. The first-order valence-corrected chi connectivity index (χ1v) is 7.05. The van der Waals surface area contributed by atoms with Crippen LogP contribution < -0.4 is 0 Å². The van der Waals surface area contributed by atoms with Gasteiger partial charge in [-0.05, 0) is 0 Å². The van der Waals surface area contributed by atoms with Crippen molar-refractivity contribution >= 4 is 15.8 Å². The van der Waals surface area contributed by atoms with Crippen molar-refractivity contribution in [2.75, 3.05) is 44.4 Å². The Labute approximate surface area is 95.1 Å². The number of aliphatic hydroxyl groups excluding tert-OH is 1. The average Bonchev–Trinajstić information content (AvgIpc) is 2.25. The maximum atomic E-state index is 11.1. The molecule has 0 aliphatic carbocycles. The Morgan fingerprint density at radius 2 is 1.94 bits per heavy atom. The van der Waals surface area contributed by atoms with Crippen LogP contribution in [0.15, 0.2) is 0 Å². The summed E-state index contributed by atoms with van der Waals surface area (Å²) in [6, 6.07) is 0. The van der Waals surface area contributed by atoms with Gasteiger partial charge in [-0.2, -0.15) is 0 Å². The Morgan fingerprint density at radius 3 is 2.50 bits per heavy atom. The molecular weight excluding hydrogens is 234 g/mol. The zero-order valence-electron chi connectivity index (χ0n) is 9.09. The first-order valence-electron chi connectivity index (χ1n) is 5.23. The molecule has 0 unspecified atom stereocenters. The van der Waals surface area contributed by atoms with E-state index in [1.807, 2.05) is 4.90 Å². The molecule has 1 rings (SSSR count). The highest BCUT2D eigenvalue weighted by Crippen LogP contribution is 2.04. The van der Waals surface area contributed by atoms with Gasteiger partial charge < -0.3 is 14.7 Å². The second-order valence-electron chi connectivity index (χ2n) is 3.69. The molecule has 1 heterocycles. The number of ether oxygens (including phenoxy) is 1. The Kier molecular flexibility index (Phi) is 5.17. The SMILES string of the molecule is O=C(CCN1CCS(=O)(=O)CC1)OCCO. The van der Waals surface area contributed by atoms with Crippen LogP contribution in [0.25, 0.3) is 0 Å². The van der Waals surface area contributed by atoms with Crippen molar-refractivity contribution in [2.24, 2.45) is 0 Å². The summed E-state index contributed by atoms with van der Waals surface area (Å²) in [6.45, 7) is 1.33. The van der Waals surface area contributed by atoms with Crippen molar-refractivity contribution in [3.05, 3.63) is 0 Å². The van der Waals surface area contributed by atoms with Crippen molar-refractivity contribution in [2.45, 2.75) is 6.42 Å². The maximum absolute atomic E-state index is 11.1. The van der Waals surface area contributed by atoms with E-state index in [9.17, 15) is 13.2 Å². The molecule has 16 heavy (non-hydrogen) atoms. The van der Waals surface area contributed by atoms with Crippen LogP contribution in [0.4, 0.5) is 0 Å². The topological polar surface area (TPSA) is 83.9 Å². The van der Waals surface area contributed by atoms with E-state index in [-0.39, 0.29) is 37.1 Å². The van der Waals surface area contributed by atoms with Gasteiger partial charge in [0.05, 0.1) is 24.5 Å². The largest absolute Gasteiger partial charge is 0.463 e. The maximum Gasteiger partial charge on any atom is 0.307 e. The molecule has 1 saturated heterocycles. The van der Waals surface area contributed by atoms with Crippen molar-refractivity contribution in [3.8, 4) is 0 Å². The number of aliphatic hydroxyl groups is 1. The zero-order valence-corrected chi connectivity index (χ0v) is 9.91. The molecule has 94 valence electrons. The van der Waals surface area contributed by atoms with Gasteiger partial charge in [0, 0.05) is 19.6 Å². The van der Waals surface area contributed by atoms with Gasteiger partial charge in [-0.15, -0.1) is 0 Å². The van der Waals surface area contributed by atoms with Gasteiger partial charge in [-0.3, -0.25) is 4.79 Å². The normalized spacial score (nSPS) is 20.6. The third-order valence-corrected chi connectivity index (χ3v) is 4.03. The second kappa shape index (κ2) is 6.17. The molecule has 1 N–H and O–H groups in total. The molecule has 0 spiro atoms. The highest BCUT2D eigenvalue weighted by molar-refractivity contribution is 7.91. The van der Waals surface area contributed by atoms with Crippen LogP contribution in [-0.2, 0) is 19.4 Å². The van der Waals surface area contributed by atoms with E-state index >= 15 is 0 Å². The fourth-order valence-electron chi connectivity index (χ4n) is 1.45. The van der Waals surface area contributed by atoms with E-state index in [1.165, 1.54) is 0 Å². The summed E-state index contributed by atoms with van der Waals surface area (Å²) in [6.07, 6.45) is 0.236. The molecular formula is C9H17NO5S. The smallest absolute Gasteiger partial charge is 0.307 e. The fourth-order valence-corrected chi connectivity index (χ4v) is 2.73. The van der Waals surface area contributed by atoms with E-state index in [1.54, 1.807) is 0 Å². The number of hydrogen-bond acceptors (Lipinski definition) is 6. The van der Waals surface area contributed by atoms with Gasteiger partial charge in [0.1, 0.15) is 6.61 Å². The first-order chi connectivity index (χ1) is 7.53. The van der Waals surface area contributed by atoms with Gasteiger partial charge in [0.15, 0.2) is 9.84 Å². The fraction of sp³-hybridized carbons (Fsp3) is 0.889. The standard InChI is InChI=1S/C9H17NO5S/c11-5-6-15-9(12)1-2-10-3-7-16(13,14)8-4-10/h11H,1-8H2. The Bertz CT molecular complexity index is 313. The van der Waals surface area contributed by atoms with E-state index in [0.29, 0.717) is 19.6 Å². The molecule has 0 amide bonds. The zero-order chi connectivity index (χ0) is 12.0. The van der Waals surface area contributed by atoms with Crippen LogP contribution in [-0.4, -0.2) is 68.7 Å². The number of carbonyl (C=O) groups excluding carboxylic acids is 1. The first kappa shape index (κ1) is 13.4. The van der Waals surface area contributed by atoms with Crippen LogP contribution in [0.3, 0.4) is 0 Å². The predicted octanol–water partition coefficient (Wildman–Crippen LogP) is -1.36. The van der Waals surface area contributed by atoms with Crippen molar-refractivity contribution in [1.82, 2.24) is 4.90 Å². The minimum absolute atomic E-state index is 0.0210. The number of esters is 1. The Balaban J connectivity index is 2.17. The minimum Gasteiger partial charge on any atom is -0.463 e. The average molecular weight is 251 g/mol. The van der Waals surface area contributed by atoms with Gasteiger partial charge in [-0.25, -0.2) is 8.42 Å². The van der Waals surface area contributed by atoms with Crippen molar-refractivity contribution < 1.29 is 23.1 Å². The van der Waals surface area contributed by atoms with Crippen LogP contribution in [0.5, 0.6) is 0 Å². The van der Waals surface area contributed by atoms with E-state index in [4.69, 9.17) is 5.11 Å². The molecule has 0 radical (unpaired) electrons. The predicted molar refractivity (Wildman–Crippen MR) is 57.8 cm³/mol. The highest BCUT2D eigenvalue weighted by Gasteiger charge is 2.21. The molecule has 0 saturated carbocycles. The number of nitrogens with zero attached hydrogens (tertiary/aromatic N) is 1. The summed E-state index contributed by atoms with van der Waals surface area (Å²) in [4.78, 5) is 13.0. The highest BCUT2D eigenvalue weighted by atomic mass is 32.2. The lowest BCUT2D eigenvalue weighted by atomic mass is 10.3. The summed E-state index contributed by atoms with van der Waals surface area (Å²) in [5.41, 5.74) is 0. The number of sulfone groups is 1. The number of carbonyl (C=O) groups is 1. The molecule has 0 atom stereocenters. The minimum atomic E-state index is -2.86. The molecule has 1 aliphatic rings. The van der Waals surface area contributed by atoms with Gasteiger partial charge in [-0.1, -0.05) is 0 Å². The van der Waals surface area contributed by atoms with Crippen LogP contribution in [0.2, 0.25) is 0 Å². The summed E-state index contributed by atoms with van der Waals surface area (Å²) >= 11 is 0. The van der Waals surface area contributed by atoms with Gasteiger partial charge >= 0.3 is 5.97 Å². The Hall–Kier alpha value is -0.660. The summed E-state index contributed by atoms with van der Waals surface area (Å²) in [5.74, 6) is -0.0281. The molecule has 0 aromatic heterocycles. The van der Waals surface area contributed by atoms with E-state index in [2.05, 4.69) is 4.74 Å². The molecule has 0 aromatic carbocycles. The molecule has 0 aromatic rings. The lowest BCUT2D eigenvalue weighted by Gasteiger charge is -2.25. The van der Waals surface area contributed by atoms with E-state index in [0.717, 1.165) is 0 Å². The number of hydrogen-bond donors (Lipinski definition) is 1. The summed E-state index contributed by atoms with van der Waals surface area (Å²) in [7, 11) is -2.86. The quantitative estimate of drug-likeness (QED) is 0.608. The third kappa shape index (κ3) is 4.91. The summed E-state index contributed by atoms with van der Waals surface area (Å²) in [5, 5.41) is 8.44. The third-order valence-electron chi connectivity index (χ3n) is 2.42. The second-order valence-corrected chi connectivity index (χ2v) is 5.99. The van der Waals surface area contributed by atoms with Gasteiger partial charge in [0.25, 0.3) is 0 Å². The van der Waals surface area contributed by atoms with E-state index < -0.39 is 9.84 Å². The lowest BCUT2D eigenvalue weighted by molar-refractivity contribution is -0.144. The molecule has 6 nitrogen and oxygen atoms in total. The number of rotatable bonds is 5.